The standard InChI is InChI=1S/C20H33N5O/c1-3-18(24-11-5-4-6-12-24)15-22-20(26)25-13-8-17(9-14-25)19-7-10-21-16(2)23-19/h7,10,17-18H,3-6,8-9,11-15H2,1-2H3,(H,22,26). The monoisotopic (exact) mass is 359 g/mol. The highest BCUT2D eigenvalue weighted by molar-refractivity contribution is 5.74. The van der Waals surface area contributed by atoms with E-state index in [0.717, 1.165) is 50.4 Å². The van der Waals surface area contributed by atoms with Crippen LogP contribution < -0.4 is 5.32 Å². The van der Waals surface area contributed by atoms with Crippen molar-refractivity contribution in [3.8, 4) is 0 Å². The van der Waals surface area contributed by atoms with Crippen LogP contribution in [0.15, 0.2) is 12.3 Å². The maximum absolute atomic E-state index is 12.6. The van der Waals surface area contributed by atoms with Crippen molar-refractivity contribution < 1.29 is 4.79 Å². The van der Waals surface area contributed by atoms with Gasteiger partial charge >= 0.3 is 6.03 Å². The van der Waals surface area contributed by atoms with Crippen molar-refractivity contribution >= 4 is 6.03 Å². The number of carbonyl (C=O) groups is 1. The zero-order valence-corrected chi connectivity index (χ0v) is 16.3. The molecule has 1 atom stereocenters. The first-order chi connectivity index (χ1) is 12.7. The van der Waals surface area contributed by atoms with E-state index >= 15 is 0 Å². The number of piperidine rings is 2. The minimum atomic E-state index is 0.0952. The third-order valence-corrected chi connectivity index (χ3v) is 5.87. The van der Waals surface area contributed by atoms with Crippen molar-refractivity contribution in [3.63, 3.8) is 0 Å². The van der Waals surface area contributed by atoms with Crippen molar-refractivity contribution in [2.24, 2.45) is 0 Å². The van der Waals surface area contributed by atoms with Gasteiger partial charge in [0.05, 0.1) is 0 Å². The quantitative estimate of drug-likeness (QED) is 0.878. The van der Waals surface area contributed by atoms with Crippen molar-refractivity contribution in [1.29, 1.82) is 0 Å². The molecule has 0 bridgehead atoms. The summed E-state index contributed by atoms with van der Waals surface area (Å²) in [5.41, 5.74) is 1.12. The number of aryl methyl sites for hydroxylation is 1. The fraction of sp³-hybridized carbons (Fsp3) is 0.750. The lowest BCUT2D eigenvalue weighted by Gasteiger charge is -2.35. The summed E-state index contributed by atoms with van der Waals surface area (Å²) in [6, 6.07) is 2.58. The highest BCUT2D eigenvalue weighted by Crippen LogP contribution is 2.26. The van der Waals surface area contributed by atoms with Crippen LogP contribution in [0.1, 0.15) is 62.9 Å². The van der Waals surface area contributed by atoms with Crippen LogP contribution in [0.4, 0.5) is 4.79 Å². The second kappa shape index (κ2) is 9.31. The van der Waals surface area contributed by atoms with Gasteiger partial charge in [-0.25, -0.2) is 14.8 Å². The molecule has 0 aromatic carbocycles. The molecule has 3 heterocycles. The zero-order chi connectivity index (χ0) is 18.4. The average Bonchev–Trinajstić information content (AvgIpc) is 2.69. The molecule has 0 radical (unpaired) electrons. The lowest BCUT2D eigenvalue weighted by atomic mass is 9.93. The lowest BCUT2D eigenvalue weighted by Crippen LogP contribution is -2.50. The van der Waals surface area contributed by atoms with Gasteiger partial charge in [0.15, 0.2) is 0 Å². The Morgan fingerprint density at radius 1 is 1.23 bits per heavy atom. The number of likely N-dealkylation sites (tertiary alicyclic amines) is 2. The summed E-state index contributed by atoms with van der Waals surface area (Å²) in [4.78, 5) is 25.8. The number of aromatic nitrogens is 2. The van der Waals surface area contributed by atoms with E-state index in [-0.39, 0.29) is 6.03 Å². The second-order valence-corrected chi connectivity index (χ2v) is 7.63. The molecule has 0 saturated carbocycles. The van der Waals surface area contributed by atoms with Gasteiger partial charge in [-0.3, -0.25) is 4.90 Å². The SMILES string of the molecule is CCC(CNC(=O)N1CCC(c2ccnc(C)n2)CC1)N1CCCCC1. The minimum Gasteiger partial charge on any atom is -0.336 e. The highest BCUT2D eigenvalue weighted by atomic mass is 16.2. The number of urea groups is 1. The molecule has 2 saturated heterocycles. The van der Waals surface area contributed by atoms with Gasteiger partial charge in [-0.2, -0.15) is 0 Å². The third-order valence-electron chi connectivity index (χ3n) is 5.87. The fourth-order valence-electron chi connectivity index (χ4n) is 4.21. The smallest absolute Gasteiger partial charge is 0.317 e. The van der Waals surface area contributed by atoms with Crippen molar-refractivity contribution in [2.45, 2.75) is 64.3 Å². The number of hydrogen-bond donors (Lipinski definition) is 1. The van der Waals surface area contributed by atoms with Crippen LogP contribution in [0.25, 0.3) is 0 Å². The number of rotatable bonds is 5. The predicted molar refractivity (Wildman–Crippen MR) is 103 cm³/mol. The molecule has 6 heteroatoms. The Morgan fingerprint density at radius 2 is 1.96 bits per heavy atom. The fourth-order valence-corrected chi connectivity index (χ4v) is 4.21. The summed E-state index contributed by atoms with van der Waals surface area (Å²) in [7, 11) is 0. The summed E-state index contributed by atoms with van der Waals surface area (Å²) >= 11 is 0. The van der Waals surface area contributed by atoms with Gasteiger partial charge in [0.1, 0.15) is 5.82 Å². The molecule has 144 valence electrons. The Balaban J connectivity index is 1.44. The lowest BCUT2D eigenvalue weighted by molar-refractivity contribution is 0.147. The first-order valence-electron chi connectivity index (χ1n) is 10.2. The first-order valence-corrected chi connectivity index (χ1v) is 10.2. The van der Waals surface area contributed by atoms with Crippen molar-refractivity contribution in [3.05, 3.63) is 23.8 Å². The largest absolute Gasteiger partial charge is 0.336 e. The molecule has 1 unspecified atom stereocenters. The maximum Gasteiger partial charge on any atom is 0.317 e. The highest BCUT2D eigenvalue weighted by Gasteiger charge is 2.26. The molecule has 2 aliphatic heterocycles. The molecule has 6 nitrogen and oxygen atoms in total. The number of amides is 2. The molecule has 3 rings (SSSR count). The molecular weight excluding hydrogens is 326 g/mol. The van der Waals surface area contributed by atoms with E-state index < -0.39 is 0 Å². The summed E-state index contributed by atoms with van der Waals surface area (Å²) in [6.07, 6.45) is 8.82. The summed E-state index contributed by atoms with van der Waals surface area (Å²) in [6.45, 7) is 8.88. The Morgan fingerprint density at radius 3 is 2.62 bits per heavy atom. The van der Waals surface area contributed by atoms with Gasteiger partial charge < -0.3 is 10.2 Å². The van der Waals surface area contributed by atoms with E-state index in [2.05, 4.69) is 27.1 Å². The molecule has 1 N–H and O–H groups in total. The minimum absolute atomic E-state index is 0.0952. The summed E-state index contributed by atoms with van der Waals surface area (Å²) in [5.74, 6) is 1.27. The van der Waals surface area contributed by atoms with Gasteiger partial charge in [-0.1, -0.05) is 13.3 Å². The van der Waals surface area contributed by atoms with Crippen molar-refractivity contribution in [1.82, 2.24) is 25.1 Å². The van der Waals surface area contributed by atoms with Gasteiger partial charge in [0.2, 0.25) is 0 Å². The van der Waals surface area contributed by atoms with Crippen LogP contribution in [0, 0.1) is 6.92 Å². The number of hydrogen-bond acceptors (Lipinski definition) is 4. The Hall–Kier alpha value is -1.69. The van der Waals surface area contributed by atoms with Crippen LogP contribution in [0.3, 0.4) is 0 Å². The number of carbonyl (C=O) groups excluding carboxylic acids is 1. The first kappa shape index (κ1) is 19.1. The topological polar surface area (TPSA) is 61.4 Å². The number of nitrogens with one attached hydrogen (secondary N) is 1. The average molecular weight is 360 g/mol. The molecule has 2 aliphatic rings. The van der Waals surface area contributed by atoms with Crippen LogP contribution in [-0.2, 0) is 0 Å². The van der Waals surface area contributed by atoms with Gasteiger partial charge in [0.25, 0.3) is 0 Å². The molecule has 2 amide bonds. The summed E-state index contributed by atoms with van der Waals surface area (Å²) < 4.78 is 0. The molecule has 0 aliphatic carbocycles. The molecule has 26 heavy (non-hydrogen) atoms. The van der Waals surface area contributed by atoms with Gasteiger partial charge in [0, 0.05) is 43.5 Å². The molecular formula is C20H33N5O. The van der Waals surface area contributed by atoms with Crippen LogP contribution in [0.5, 0.6) is 0 Å². The van der Waals surface area contributed by atoms with Crippen LogP contribution in [-0.4, -0.2) is 64.6 Å². The van der Waals surface area contributed by atoms with Crippen molar-refractivity contribution in [2.75, 3.05) is 32.7 Å². The second-order valence-electron chi connectivity index (χ2n) is 7.63. The Kier molecular flexibility index (Phi) is 6.83. The Labute approximate surface area is 157 Å². The van der Waals surface area contributed by atoms with Gasteiger partial charge in [-0.05, 0) is 58.2 Å². The van der Waals surface area contributed by atoms with Gasteiger partial charge in [-0.15, -0.1) is 0 Å². The maximum atomic E-state index is 12.6. The molecule has 2 fully saturated rings. The van der Waals surface area contributed by atoms with Crippen LogP contribution in [0.2, 0.25) is 0 Å². The Bertz CT molecular complexity index is 579. The van der Waals surface area contributed by atoms with E-state index in [1.54, 1.807) is 0 Å². The molecule has 0 spiro atoms. The molecule has 1 aromatic rings. The predicted octanol–water partition coefficient (Wildman–Crippen LogP) is 2.94. The van der Waals surface area contributed by atoms with Crippen LogP contribution >= 0.6 is 0 Å². The molecule has 1 aromatic heterocycles. The van der Waals surface area contributed by atoms with E-state index in [1.165, 1.54) is 32.4 Å². The summed E-state index contributed by atoms with van der Waals surface area (Å²) in [5, 5.41) is 3.18. The van der Waals surface area contributed by atoms with E-state index in [1.807, 2.05) is 24.1 Å². The normalized spacial score (nSPS) is 20.8. The zero-order valence-electron chi connectivity index (χ0n) is 16.3. The van der Waals surface area contributed by atoms with E-state index in [4.69, 9.17) is 0 Å². The third kappa shape index (κ3) is 4.93. The number of nitrogens with zero attached hydrogens (tertiary/aromatic N) is 4. The van der Waals surface area contributed by atoms with E-state index in [9.17, 15) is 4.79 Å². The van der Waals surface area contributed by atoms with E-state index in [0.29, 0.717) is 12.0 Å².